The van der Waals surface area contributed by atoms with Crippen LogP contribution in [0.5, 0.6) is 0 Å². The molecule has 1 aromatic carbocycles. The molecule has 1 aromatic heterocycles. The molecule has 1 N–H and O–H groups in total. The lowest BCUT2D eigenvalue weighted by Crippen LogP contribution is -2.37. The fourth-order valence-corrected chi connectivity index (χ4v) is 5.30. The third kappa shape index (κ3) is 4.48. The van der Waals surface area contributed by atoms with Gasteiger partial charge in [-0.2, -0.15) is 0 Å². The summed E-state index contributed by atoms with van der Waals surface area (Å²) in [6.07, 6.45) is 6.02. The van der Waals surface area contributed by atoms with E-state index >= 15 is 0 Å². The number of ether oxygens (including phenoxy) is 1. The molecule has 0 unspecified atom stereocenters. The maximum atomic E-state index is 6.11. The van der Waals surface area contributed by atoms with Gasteiger partial charge in [-0.25, -0.2) is 4.98 Å². The Labute approximate surface area is 170 Å². The average Bonchev–Trinajstić information content (AvgIpc) is 3.37. The predicted octanol–water partition coefficient (Wildman–Crippen LogP) is 4.79. The van der Waals surface area contributed by atoms with Gasteiger partial charge in [0.15, 0.2) is 5.13 Å². The van der Waals surface area contributed by atoms with Gasteiger partial charge in [0.25, 0.3) is 0 Å². The largest absolute Gasteiger partial charge is 0.379 e. The van der Waals surface area contributed by atoms with Gasteiger partial charge in [0, 0.05) is 35.5 Å². The molecule has 1 saturated carbocycles. The molecule has 0 bridgehead atoms. The van der Waals surface area contributed by atoms with Gasteiger partial charge in [-0.1, -0.05) is 36.6 Å². The summed E-state index contributed by atoms with van der Waals surface area (Å²) in [7, 11) is 0. The molecule has 0 spiro atoms. The third-order valence-corrected chi connectivity index (χ3v) is 6.93. The SMILES string of the molecule is Clc1ccc(C2(c3csc(NCCCN4CCOCC4)n3)CCCC2)cc1. The molecule has 0 radical (unpaired) electrons. The molecule has 4 rings (SSSR count). The summed E-state index contributed by atoms with van der Waals surface area (Å²) in [5, 5.41) is 7.64. The Morgan fingerprint density at radius 3 is 2.63 bits per heavy atom. The number of morpholine rings is 1. The normalized spacial score (nSPS) is 20.0. The second-order valence-corrected chi connectivity index (χ2v) is 8.86. The van der Waals surface area contributed by atoms with Crippen LogP contribution in [0, 0.1) is 0 Å². The molecule has 2 heterocycles. The Balaban J connectivity index is 1.37. The van der Waals surface area contributed by atoms with Crippen LogP contribution in [0.1, 0.15) is 43.4 Å². The van der Waals surface area contributed by atoms with Crippen LogP contribution in [0.4, 0.5) is 5.13 Å². The number of benzene rings is 1. The van der Waals surface area contributed by atoms with E-state index in [1.54, 1.807) is 11.3 Å². The summed E-state index contributed by atoms with van der Waals surface area (Å²) in [5.74, 6) is 0. The summed E-state index contributed by atoms with van der Waals surface area (Å²) in [6, 6.07) is 8.38. The summed E-state index contributed by atoms with van der Waals surface area (Å²) in [5.41, 5.74) is 2.64. The zero-order valence-electron chi connectivity index (χ0n) is 15.8. The number of nitrogens with zero attached hydrogens (tertiary/aromatic N) is 2. The summed E-state index contributed by atoms with van der Waals surface area (Å²) in [6.45, 7) is 5.96. The summed E-state index contributed by atoms with van der Waals surface area (Å²) in [4.78, 5) is 7.47. The molecule has 2 fully saturated rings. The van der Waals surface area contributed by atoms with Gasteiger partial charge in [-0.3, -0.25) is 4.90 Å². The first-order chi connectivity index (χ1) is 13.3. The Morgan fingerprint density at radius 1 is 1.15 bits per heavy atom. The molecular formula is C21H28ClN3OS. The summed E-state index contributed by atoms with van der Waals surface area (Å²) < 4.78 is 5.41. The number of nitrogens with one attached hydrogen (secondary N) is 1. The van der Waals surface area contributed by atoms with Crippen LogP contribution in [0.3, 0.4) is 0 Å². The minimum Gasteiger partial charge on any atom is -0.379 e. The highest BCUT2D eigenvalue weighted by Gasteiger charge is 2.39. The Hall–Kier alpha value is -1.14. The van der Waals surface area contributed by atoms with Gasteiger partial charge in [0.05, 0.1) is 18.9 Å². The number of halogens is 1. The first-order valence-electron chi connectivity index (χ1n) is 10.0. The number of hydrogen-bond donors (Lipinski definition) is 1. The number of anilines is 1. The summed E-state index contributed by atoms with van der Waals surface area (Å²) >= 11 is 7.84. The van der Waals surface area contributed by atoms with E-state index in [2.05, 4.69) is 27.7 Å². The van der Waals surface area contributed by atoms with E-state index < -0.39 is 0 Å². The molecule has 1 aliphatic carbocycles. The lowest BCUT2D eigenvalue weighted by atomic mass is 9.76. The molecule has 6 heteroatoms. The number of thiazole rings is 1. The van der Waals surface area contributed by atoms with Gasteiger partial charge in [0.2, 0.25) is 0 Å². The fraction of sp³-hybridized carbons (Fsp3) is 0.571. The highest BCUT2D eigenvalue weighted by molar-refractivity contribution is 7.13. The van der Waals surface area contributed by atoms with Crippen LogP contribution in [-0.4, -0.2) is 49.3 Å². The maximum Gasteiger partial charge on any atom is 0.182 e. The smallest absolute Gasteiger partial charge is 0.182 e. The molecule has 0 atom stereocenters. The zero-order valence-corrected chi connectivity index (χ0v) is 17.3. The van der Waals surface area contributed by atoms with Crippen LogP contribution in [0.25, 0.3) is 0 Å². The average molecular weight is 406 g/mol. The van der Waals surface area contributed by atoms with Crippen molar-refractivity contribution in [2.24, 2.45) is 0 Å². The number of aromatic nitrogens is 1. The van der Waals surface area contributed by atoms with E-state index in [0.29, 0.717) is 0 Å². The fourth-order valence-electron chi connectivity index (χ4n) is 4.34. The van der Waals surface area contributed by atoms with Crippen molar-refractivity contribution in [2.45, 2.75) is 37.5 Å². The molecule has 0 amide bonds. The maximum absolute atomic E-state index is 6.11. The van der Waals surface area contributed by atoms with Crippen molar-refractivity contribution in [1.82, 2.24) is 9.88 Å². The van der Waals surface area contributed by atoms with Crippen LogP contribution < -0.4 is 5.32 Å². The molecule has 1 aliphatic heterocycles. The molecule has 1 saturated heterocycles. The minimum atomic E-state index is 0.0643. The molecule has 27 heavy (non-hydrogen) atoms. The molecule has 2 aliphatic rings. The van der Waals surface area contributed by atoms with Crippen LogP contribution in [0.15, 0.2) is 29.6 Å². The van der Waals surface area contributed by atoms with E-state index in [1.807, 2.05) is 12.1 Å². The topological polar surface area (TPSA) is 37.4 Å². The predicted molar refractivity (Wildman–Crippen MR) is 113 cm³/mol. The quantitative estimate of drug-likeness (QED) is 0.672. The Kier molecular flexibility index (Phi) is 6.33. The second-order valence-electron chi connectivity index (χ2n) is 7.57. The van der Waals surface area contributed by atoms with E-state index in [-0.39, 0.29) is 5.41 Å². The van der Waals surface area contributed by atoms with Crippen molar-refractivity contribution in [2.75, 3.05) is 44.7 Å². The lowest BCUT2D eigenvalue weighted by molar-refractivity contribution is 0.0378. The van der Waals surface area contributed by atoms with Crippen molar-refractivity contribution < 1.29 is 4.74 Å². The molecule has 2 aromatic rings. The lowest BCUT2D eigenvalue weighted by Gasteiger charge is -2.28. The van der Waals surface area contributed by atoms with Gasteiger partial charge in [-0.05, 0) is 43.5 Å². The Bertz CT molecular complexity index is 721. The van der Waals surface area contributed by atoms with Crippen molar-refractivity contribution in [3.63, 3.8) is 0 Å². The van der Waals surface area contributed by atoms with Crippen molar-refractivity contribution in [3.8, 4) is 0 Å². The van der Waals surface area contributed by atoms with Crippen molar-refractivity contribution in [3.05, 3.63) is 45.9 Å². The highest BCUT2D eigenvalue weighted by Crippen LogP contribution is 2.47. The van der Waals surface area contributed by atoms with Gasteiger partial charge < -0.3 is 10.1 Å². The Morgan fingerprint density at radius 2 is 1.89 bits per heavy atom. The van der Waals surface area contributed by atoms with Gasteiger partial charge >= 0.3 is 0 Å². The number of hydrogen-bond acceptors (Lipinski definition) is 5. The van der Waals surface area contributed by atoms with Crippen molar-refractivity contribution >= 4 is 28.1 Å². The minimum absolute atomic E-state index is 0.0643. The van der Waals surface area contributed by atoms with E-state index in [4.69, 9.17) is 21.3 Å². The number of rotatable bonds is 7. The zero-order chi connectivity index (χ0) is 18.5. The van der Waals surface area contributed by atoms with E-state index in [9.17, 15) is 0 Å². The molecule has 146 valence electrons. The second kappa shape index (κ2) is 8.91. The molecule has 4 nitrogen and oxygen atoms in total. The van der Waals surface area contributed by atoms with Gasteiger partial charge in [0.1, 0.15) is 0 Å². The first-order valence-corrected chi connectivity index (χ1v) is 11.3. The van der Waals surface area contributed by atoms with E-state index in [1.165, 1.54) is 36.9 Å². The first kappa shape index (κ1) is 19.2. The van der Waals surface area contributed by atoms with Crippen molar-refractivity contribution in [1.29, 1.82) is 0 Å². The van der Waals surface area contributed by atoms with Crippen LogP contribution in [-0.2, 0) is 10.2 Å². The standard InChI is InChI=1S/C21H28ClN3OS/c22-18-6-4-17(5-7-18)21(8-1-2-9-21)19-16-27-20(24-19)23-10-3-11-25-12-14-26-15-13-25/h4-7,16H,1-3,8-15H2,(H,23,24). The highest BCUT2D eigenvalue weighted by atomic mass is 35.5. The molecular weight excluding hydrogens is 378 g/mol. The van der Waals surface area contributed by atoms with Gasteiger partial charge in [-0.15, -0.1) is 11.3 Å². The monoisotopic (exact) mass is 405 g/mol. The van der Waals surface area contributed by atoms with Crippen LogP contribution >= 0.6 is 22.9 Å². The third-order valence-electron chi connectivity index (χ3n) is 5.88. The van der Waals surface area contributed by atoms with Crippen LogP contribution in [0.2, 0.25) is 5.02 Å². The van der Waals surface area contributed by atoms with E-state index in [0.717, 1.165) is 56.0 Å².